The summed E-state index contributed by atoms with van der Waals surface area (Å²) in [6, 6.07) is 23.3. The van der Waals surface area contributed by atoms with Gasteiger partial charge in [-0.1, -0.05) is 42.5 Å². The summed E-state index contributed by atoms with van der Waals surface area (Å²) in [5.41, 5.74) is 2.25. The maximum Gasteiger partial charge on any atom is 0.282 e. The van der Waals surface area contributed by atoms with Crippen molar-refractivity contribution in [2.24, 2.45) is 0 Å². The van der Waals surface area contributed by atoms with Crippen LogP contribution in [-0.4, -0.2) is 25.5 Å². The lowest BCUT2D eigenvalue weighted by Gasteiger charge is -2.16. The summed E-state index contributed by atoms with van der Waals surface area (Å²) in [7, 11) is 1.56. The number of nitrogens with zero attached hydrogens (tertiary/aromatic N) is 1. The molecule has 156 valence electrons. The number of methoxy groups -OCH3 is 1. The Balaban J connectivity index is 1.77. The smallest absolute Gasteiger partial charge is 0.282 e. The molecule has 6 nitrogen and oxygen atoms in total. The molecular formula is C25H22N2O4. The SMILES string of the molecule is CCOc1ccc(N2C(=O)C(Nc3ccccc3OC)=C(c3ccccc3)C2=O)cc1. The van der Waals surface area contributed by atoms with Gasteiger partial charge in [0.2, 0.25) is 0 Å². The first-order chi connectivity index (χ1) is 15.1. The van der Waals surface area contributed by atoms with Gasteiger partial charge >= 0.3 is 0 Å². The van der Waals surface area contributed by atoms with Crippen molar-refractivity contribution < 1.29 is 19.1 Å². The minimum absolute atomic E-state index is 0.203. The molecule has 0 aromatic heterocycles. The fourth-order valence-corrected chi connectivity index (χ4v) is 3.49. The monoisotopic (exact) mass is 414 g/mol. The molecule has 0 fully saturated rings. The van der Waals surface area contributed by atoms with Crippen LogP contribution in [0.1, 0.15) is 12.5 Å². The van der Waals surface area contributed by atoms with E-state index in [1.807, 2.05) is 49.4 Å². The summed E-state index contributed by atoms with van der Waals surface area (Å²) in [5, 5.41) is 3.14. The van der Waals surface area contributed by atoms with Gasteiger partial charge in [0.1, 0.15) is 17.2 Å². The molecule has 4 rings (SSSR count). The molecule has 0 atom stereocenters. The Labute approximate surface area is 180 Å². The van der Waals surface area contributed by atoms with Gasteiger partial charge < -0.3 is 14.8 Å². The van der Waals surface area contributed by atoms with E-state index in [4.69, 9.17) is 9.47 Å². The third-order valence-corrected chi connectivity index (χ3v) is 4.92. The second-order valence-corrected chi connectivity index (χ2v) is 6.81. The van der Waals surface area contributed by atoms with Gasteiger partial charge in [0.15, 0.2) is 0 Å². The van der Waals surface area contributed by atoms with Crippen LogP contribution in [0, 0.1) is 0 Å². The number of anilines is 2. The molecule has 0 bridgehead atoms. The zero-order valence-electron chi connectivity index (χ0n) is 17.3. The summed E-state index contributed by atoms with van der Waals surface area (Å²) in [6.45, 7) is 2.43. The van der Waals surface area contributed by atoms with E-state index in [0.29, 0.717) is 40.6 Å². The zero-order valence-corrected chi connectivity index (χ0v) is 17.3. The fraction of sp³-hybridized carbons (Fsp3) is 0.120. The predicted octanol–water partition coefficient (Wildman–Crippen LogP) is 4.49. The molecule has 1 N–H and O–H groups in total. The number of para-hydroxylation sites is 2. The number of benzene rings is 3. The molecule has 3 aromatic carbocycles. The summed E-state index contributed by atoms with van der Waals surface area (Å²) in [4.78, 5) is 28.0. The predicted molar refractivity (Wildman–Crippen MR) is 120 cm³/mol. The van der Waals surface area contributed by atoms with Crippen LogP contribution in [-0.2, 0) is 9.59 Å². The topological polar surface area (TPSA) is 67.9 Å². The molecule has 0 radical (unpaired) electrons. The minimum Gasteiger partial charge on any atom is -0.495 e. The van der Waals surface area contributed by atoms with Crippen molar-refractivity contribution in [3.63, 3.8) is 0 Å². The van der Waals surface area contributed by atoms with Crippen molar-refractivity contribution in [2.45, 2.75) is 6.92 Å². The van der Waals surface area contributed by atoms with Crippen molar-refractivity contribution in [2.75, 3.05) is 23.9 Å². The summed E-state index contributed by atoms with van der Waals surface area (Å²) < 4.78 is 10.9. The van der Waals surface area contributed by atoms with Gasteiger partial charge in [-0.2, -0.15) is 0 Å². The Morgan fingerprint density at radius 3 is 2.19 bits per heavy atom. The van der Waals surface area contributed by atoms with E-state index in [1.54, 1.807) is 43.5 Å². The van der Waals surface area contributed by atoms with Crippen LogP contribution >= 0.6 is 0 Å². The van der Waals surface area contributed by atoms with Crippen LogP contribution in [0.2, 0.25) is 0 Å². The number of hydrogen-bond donors (Lipinski definition) is 1. The Morgan fingerprint density at radius 1 is 0.839 bits per heavy atom. The molecule has 1 aliphatic rings. The average Bonchev–Trinajstić information content (AvgIpc) is 3.05. The van der Waals surface area contributed by atoms with E-state index in [0.717, 1.165) is 0 Å². The number of carbonyl (C=O) groups is 2. The number of carbonyl (C=O) groups excluding carboxylic acids is 2. The van der Waals surface area contributed by atoms with Crippen molar-refractivity contribution >= 4 is 28.8 Å². The first kappa shape index (κ1) is 20.2. The average molecular weight is 414 g/mol. The Bertz CT molecular complexity index is 1140. The highest BCUT2D eigenvalue weighted by atomic mass is 16.5. The summed E-state index contributed by atoms with van der Waals surface area (Å²) in [6.07, 6.45) is 0. The maximum atomic E-state index is 13.4. The van der Waals surface area contributed by atoms with Gasteiger partial charge in [-0.05, 0) is 48.9 Å². The highest BCUT2D eigenvalue weighted by Crippen LogP contribution is 2.35. The van der Waals surface area contributed by atoms with Gasteiger partial charge in [-0.25, -0.2) is 4.90 Å². The molecule has 2 amide bonds. The van der Waals surface area contributed by atoms with Crippen molar-refractivity contribution in [3.05, 3.63) is 90.1 Å². The van der Waals surface area contributed by atoms with Gasteiger partial charge in [-0.3, -0.25) is 9.59 Å². The van der Waals surface area contributed by atoms with Crippen LogP contribution in [0.15, 0.2) is 84.6 Å². The number of nitrogens with one attached hydrogen (secondary N) is 1. The molecule has 1 aliphatic heterocycles. The van der Waals surface area contributed by atoms with Gasteiger partial charge in [0, 0.05) is 0 Å². The van der Waals surface area contributed by atoms with Crippen LogP contribution in [0.3, 0.4) is 0 Å². The summed E-state index contributed by atoms with van der Waals surface area (Å²) in [5.74, 6) is 0.424. The lowest BCUT2D eigenvalue weighted by molar-refractivity contribution is -0.120. The highest BCUT2D eigenvalue weighted by molar-refractivity contribution is 6.46. The highest BCUT2D eigenvalue weighted by Gasteiger charge is 2.40. The number of rotatable bonds is 7. The number of imide groups is 1. The van der Waals surface area contributed by atoms with E-state index >= 15 is 0 Å². The molecule has 1 heterocycles. The van der Waals surface area contributed by atoms with Crippen LogP contribution in [0.25, 0.3) is 5.57 Å². The number of amides is 2. The van der Waals surface area contributed by atoms with Crippen LogP contribution in [0.5, 0.6) is 11.5 Å². The molecule has 0 unspecified atom stereocenters. The first-order valence-corrected chi connectivity index (χ1v) is 9.95. The Kier molecular flexibility index (Phi) is 5.71. The normalized spacial score (nSPS) is 13.5. The van der Waals surface area contributed by atoms with Crippen LogP contribution < -0.4 is 19.7 Å². The van der Waals surface area contributed by atoms with Crippen molar-refractivity contribution in [1.82, 2.24) is 0 Å². The maximum absolute atomic E-state index is 13.4. The molecule has 0 aliphatic carbocycles. The van der Waals surface area contributed by atoms with Crippen molar-refractivity contribution in [3.8, 4) is 11.5 Å². The van der Waals surface area contributed by atoms with E-state index in [2.05, 4.69) is 5.32 Å². The number of ether oxygens (including phenoxy) is 2. The minimum atomic E-state index is -0.432. The number of hydrogen-bond acceptors (Lipinski definition) is 5. The lowest BCUT2D eigenvalue weighted by Crippen LogP contribution is -2.32. The van der Waals surface area contributed by atoms with E-state index in [9.17, 15) is 9.59 Å². The Morgan fingerprint density at radius 2 is 1.52 bits per heavy atom. The zero-order chi connectivity index (χ0) is 21.8. The second-order valence-electron chi connectivity index (χ2n) is 6.81. The third kappa shape index (κ3) is 3.88. The molecule has 0 spiro atoms. The van der Waals surface area contributed by atoms with Crippen molar-refractivity contribution in [1.29, 1.82) is 0 Å². The van der Waals surface area contributed by atoms with Crippen LogP contribution in [0.4, 0.5) is 11.4 Å². The quantitative estimate of drug-likeness (QED) is 0.577. The molecule has 31 heavy (non-hydrogen) atoms. The fourth-order valence-electron chi connectivity index (χ4n) is 3.49. The lowest BCUT2D eigenvalue weighted by atomic mass is 10.0. The Hall–Kier alpha value is -4.06. The van der Waals surface area contributed by atoms with Gasteiger partial charge in [0.25, 0.3) is 11.8 Å². The van der Waals surface area contributed by atoms with E-state index < -0.39 is 11.8 Å². The molecular weight excluding hydrogens is 392 g/mol. The molecule has 0 saturated heterocycles. The molecule has 6 heteroatoms. The molecule has 3 aromatic rings. The first-order valence-electron chi connectivity index (χ1n) is 9.95. The summed E-state index contributed by atoms with van der Waals surface area (Å²) >= 11 is 0. The molecule has 0 saturated carbocycles. The van der Waals surface area contributed by atoms with Gasteiger partial charge in [0.05, 0.1) is 30.7 Å². The largest absolute Gasteiger partial charge is 0.495 e. The third-order valence-electron chi connectivity index (χ3n) is 4.92. The van der Waals surface area contributed by atoms with E-state index in [1.165, 1.54) is 4.90 Å². The standard InChI is InChI=1S/C25H22N2O4/c1-3-31-19-15-13-18(14-16-19)27-24(28)22(17-9-5-4-6-10-17)23(25(27)29)26-20-11-7-8-12-21(20)30-2/h4-16,26H,3H2,1-2H3. The second kappa shape index (κ2) is 8.75. The van der Waals surface area contributed by atoms with E-state index in [-0.39, 0.29) is 5.70 Å². The van der Waals surface area contributed by atoms with Gasteiger partial charge in [-0.15, -0.1) is 0 Å².